The molecule has 0 radical (unpaired) electrons. The van der Waals surface area contributed by atoms with Gasteiger partial charge in [0.05, 0.1) is 13.0 Å². The molecule has 1 spiro atoms. The summed E-state index contributed by atoms with van der Waals surface area (Å²) < 4.78 is 0. The molecule has 1 atom stereocenters. The third-order valence-corrected chi connectivity index (χ3v) is 4.12. The van der Waals surface area contributed by atoms with Crippen LogP contribution in [0.3, 0.4) is 0 Å². The Morgan fingerprint density at radius 2 is 2.25 bits per heavy atom. The normalized spacial score (nSPS) is 33.1. The van der Waals surface area contributed by atoms with Crippen LogP contribution >= 0.6 is 0 Å². The lowest BCUT2D eigenvalue weighted by Gasteiger charge is -2.36. The molecule has 2 saturated heterocycles. The van der Waals surface area contributed by atoms with E-state index in [1.54, 1.807) is 5.06 Å². The minimum absolute atomic E-state index is 0.0915. The second-order valence-corrected chi connectivity index (χ2v) is 5.41. The topological polar surface area (TPSA) is 41.6 Å². The van der Waals surface area contributed by atoms with E-state index in [-0.39, 0.29) is 11.5 Å². The van der Waals surface area contributed by atoms with Crippen molar-refractivity contribution in [3.63, 3.8) is 0 Å². The van der Waals surface area contributed by atoms with E-state index in [4.69, 9.17) is 4.84 Å². The number of nitrogens with zero attached hydrogens (tertiary/aromatic N) is 1. The first kappa shape index (κ1) is 10.5. The average molecular weight is 224 g/mol. The molecule has 4 nitrogen and oxygen atoms in total. The van der Waals surface area contributed by atoms with Crippen LogP contribution in [0.25, 0.3) is 0 Å². The van der Waals surface area contributed by atoms with Crippen LogP contribution < -0.4 is 5.32 Å². The highest BCUT2D eigenvalue weighted by Crippen LogP contribution is 2.43. The summed E-state index contributed by atoms with van der Waals surface area (Å²) in [4.78, 5) is 17.7. The summed E-state index contributed by atoms with van der Waals surface area (Å²) in [5.74, 6) is 0.187. The van der Waals surface area contributed by atoms with Crippen LogP contribution in [0.4, 0.5) is 0 Å². The fraction of sp³-hybridized carbons (Fsp3) is 0.917. The van der Waals surface area contributed by atoms with Crippen LogP contribution in [0, 0.1) is 0 Å². The molecule has 4 heteroatoms. The number of rotatable bonds is 2. The van der Waals surface area contributed by atoms with Crippen molar-refractivity contribution in [3.05, 3.63) is 0 Å². The number of nitrogens with one attached hydrogen (secondary N) is 1. The van der Waals surface area contributed by atoms with Gasteiger partial charge >= 0.3 is 0 Å². The highest BCUT2D eigenvalue weighted by Gasteiger charge is 2.49. The summed E-state index contributed by atoms with van der Waals surface area (Å²) in [5, 5.41) is 5.08. The largest absolute Gasteiger partial charge is 0.312 e. The third kappa shape index (κ3) is 1.84. The number of piperidine rings is 1. The molecule has 3 rings (SSSR count). The van der Waals surface area contributed by atoms with Gasteiger partial charge in [0.25, 0.3) is 0 Å². The van der Waals surface area contributed by atoms with E-state index in [2.05, 4.69) is 5.32 Å². The van der Waals surface area contributed by atoms with Crippen molar-refractivity contribution in [3.8, 4) is 0 Å². The van der Waals surface area contributed by atoms with E-state index in [9.17, 15) is 4.79 Å². The summed E-state index contributed by atoms with van der Waals surface area (Å²) in [6, 6.07) is 0.438. The molecule has 90 valence electrons. The van der Waals surface area contributed by atoms with Crippen LogP contribution in [0.5, 0.6) is 0 Å². The standard InChI is InChI=1S/C12H20N2O2/c15-11-8-12(5-3-6-12)16-14(11)9-10-4-1-2-7-13-10/h10,13H,1-9H2. The van der Waals surface area contributed by atoms with Crippen molar-refractivity contribution in [1.82, 2.24) is 10.4 Å². The van der Waals surface area contributed by atoms with Crippen molar-refractivity contribution in [2.75, 3.05) is 13.1 Å². The van der Waals surface area contributed by atoms with Crippen LogP contribution in [0.2, 0.25) is 0 Å². The lowest BCUT2D eigenvalue weighted by molar-refractivity contribution is -0.222. The van der Waals surface area contributed by atoms with Gasteiger partial charge in [-0.15, -0.1) is 0 Å². The summed E-state index contributed by atoms with van der Waals surface area (Å²) in [5.41, 5.74) is -0.0915. The smallest absolute Gasteiger partial charge is 0.249 e. The van der Waals surface area contributed by atoms with Gasteiger partial charge in [0.1, 0.15) is 5.60 Å². The molecule has 1 aliphatic carbocycles. The van der Waals surface area contributed by atoms with Gasteiger partial charge in [-0.2, -0.15) is 0 Å². The molecule has 1 amide bonds. The van der Waals surface area contributed by atoms with Gasteiger partial charge < -0.3 is 5.32 Å². The van der Waals surface area contributed by atoms with Gasteiger partial charge in [0.15, 0.2) is 0 Å². The lowest BCUT2D eigenvalue weighted by Crippen LogP contribution is -2.45. The SMILES string of the molecule is O=C1CC2(CCC2)ON1CC1CCCCN1. The van der Waals surface area contributed by atoms with Crippen LogP contribution in [0.1, 0.15) is 44.9 Å². The summed E-state index contributed by atoms with van der Waals surface area (Å²) >= 11 is 0. The average Bonchev–Trinajstić information content (AvgIpc) is 2.58. The van der Waals surface area contributed by atoms with Crippen LogP contribution in [-0.4, -0.2) is 35.7 Å². The van der Waals surface area contributed by atoms with Gasteiger partial charge in [-0.25, -0.2) is 5.06 Å². The molecular weight excluding hydrogens is 204 g/mol. The number of hydrogen-bond donors (Lipinski definition) is 1. The maximum atomic E-state index is 11.8. The molecule has 1 unspecified atom stereocenters. The molecule has 0 aromatic heterocycles. The predicted octanol–water partition coefficient (Wildman–Crippen LogP) is 1.22. The van der Waals surface area contributed by atoms with Crippen molar-refractivity contribution >= 4 is 5.91 Å². The Hall–Kier alpha value is -0.610. The van der Waals surface area contributed by atoms with Crippen molar-refractivity contribution in [1.29, 1.82) is 0 Å². The first-order valence-corrected chi connectivity index (χ1v) is 6.50. The van der Waals surface area contributed by atoms with Crippen molar-refractivity contribution < 1.29 is 9.63 Å². The van der Waals surface area contributed by atoms with Gasteiger partial charge in [0, 0.05) is 6.04 Å². The van der Waals surface area contributed by atoms with Crippen molar-refractivity contribution in [2.24, 2.45) is 0 Å². The molecule has 3 fully saturated rings. The Balaban J connectivity index is 1.56. The van der Waals surface area contributed by atoms with Crippen LogP contribution in [0.15, 0.2) is 0 Å². The Kier molecular flexibility index (Phi) is 2.64. The maximum Gasteiger partial charge on any atom is 0.249 e. The van der Waals surface area contributed by atoms with E-state index in [1.807, 2.05) is 0 Å². The Bertz CT molecular complexity index is 283. The fourth-order valence-corrected chi connectivity index (χ4v) is 2.94. The second-order valence-electron chi connectivity index (χ2n) is 5.41. The van der Waals surface area contributed by atoms with E-state index >= 15 is 0 Å². The molecule has 2 heterocycles. The molecule has 0 aromatic carbocycles. The minimum Gasteiger partial charge on any atom is -0.312 e. The molecule has 3 aliphatic rings. The minimum atomic E-state index is -0.0915. The number of hydroxylamine groups is 2. The molecule has 1 N–H and O–H groups in total. The van der Waals surface area contributed by atoms with Gasteiger partial charge in [-0.05, 0) is 38.6 Å². The molecule has 16 heavy (non-hydrogen) atoms. The third-order valence-electron chi connectivity index (χ3n) is 4.12. The predicted molar refractivity (Wildman–Crippen MR) is 59.6 cm³/mol. The zero-order chi connectivity index (χ0) is 11.0. The van der Waals surface area contributed by atoms with Gasteiger partial charge in [-0.3, -0.25) is 9.63 Å². The molecule has 2 aliphatic heterocycles. The number of amides is 1. The first-order chi connectivity index (χ1) is 7.77. The molecule has 1 saturated carbocycles. The van der Waals surface area contributed by atoms with E-state index < -0.39 is 0 Å². The highest BCUT2D eigenvalue weighted by molar-refractivity contribution is 5.78. The zero-order valence-corrected chi connectivity index (χ0v) is 9.71. The lowest BCUT2D eigenvalue weighted by atomic mass is 9.78. The summed E-state index contributed by atoms with van der Waals surface area (Å²) in [7, 11) is 0. The fourth-order valence-electron chi connectivity index (χ4n) is 2.94. The zero-order valence-electron chi connectivity index (χ0n) is 9.71. The van der Waals surface area contributed by atoms with Crippen molar-refractivity contribution in [2.45, 2.75) is 56.6 Å². The quantitative estimate of drug-likeness (QED) is 0.766. The Labute approximate surface area is 96.3 Å². The van der Waals surface area contributed by atoms with Crippen LogP contribution in [-0.2, 0) is 9.63 Å². The summed E-state index contributed by atoms with van der Waals surface area (Å²) in [6.45, 7) is 1.82. The van der Waals surface area contributed by atoms with Gasteiger partial charge in [-0.1, -0.05) is 6.42 Å². The Morgan fingerprint density at radius 3 is 2.81 bits per heavy atom. The summed E-state index contributed by atoms with van der Waals surface area (Å²) in [6.07, 6.45) is 7.64. The molecular formula is C12H20N2O2. The van der Waals surface area contributed by atoms with E-state index in [0.717, 1.165) is 25.9 Å². The van der Waals surface area contributed by atoms with E-state index in [0.29, 0.717) is 12.5 Å². The number of carbonyl (C=O) groups is 1. The highest BCUT2D eigenvalue weighted by atomic mass is 16.7. The maximum absolute atomic E-state index is 11.8. The second kappa shape index (κ2) is 4.00. The number of hydrogen-bond acceptors (Lipinski definition) is 3. The molecule has 0 bridgehead atoms. The molecule has 0 aromatic rings. The Morgan fingerprint density at radius 1 is 1.38 bits per heavy atom. The first-order valence-electron chi connectivity index (χ1n) is 6.50. The van der Waals surface area contributed by atoms with Gasteiger partial charge in [0.2, 0.25) is 5.91 Å². The van der Waals surface area contributed by atoms with E-state index in [1.165, 1.54) is 25.7 Å². The number of carbonyl (C=O) groups excluding carboxylic acids is 1. The monoisotopic (exact) mass is 224 g/mol.